The number of pyridine rings is 1. The normalized spacial score (nSPS) is 9.91. The molecule has 0 unspecified atom stereocenters. The first-order valence-electron chi connectivity index (χ1n) is 6.31. The molecule has 7 nitrogen and oxygen atoms in total. The maximum absolute atomic E-state index is 12.1. The molecule has 2 aromatic rings. The van der Waals surface area contributed by atoms with Crippen molar-refractivity contribution in [3.05, 3.63) is 64.1 Å². The third-order valence-corrected chi connectivity index (χ3v) is 2.91. The Morgan fingerprint density at radius 3 is 2.23 bits per heavy atom. The van der Waals surface area contributed by atoms with E-state index >= 15 is 0 Å². The minimum Gasteiger partial charge on any atom is -0.497 e. The number of aromatic nitrogens is 1. The number of methoxy groups -OCH3 is 2. The van der Waals surface area contributed by atoms with Gasteiger partial charge in [-0.2, -0.15) is 0 Å². The number of esters is 1. The van der Waals surface area contributed by atoms with Crippen LogP contribution in [0.4, 0.5) is 0 Å². The van der Waals surface area contributed by atoms with Crippen LogP contribution in [0.3, 0.4) is 0 Å². The fourth-order valence-corrected chi connectivity index (χ4v) is 1.73. The van der Waals surface area contributed by atoms with Gasteiger partial charge in [0.2, 0.25) is 0 Å². The van der Waals surface area contributed by atoms with E-state index in [2.05, 4.69) is 10.2 Å². The van der Waals surface area contributed by atoms with E-state index in [1.54, 1.807) is 24.3 Å². The minimum atomic E-state index is -0.604. The summed E-state index contributed by atoms with van der Waals surface area (Å²) in [5.74, 6) is -0.486. The minimum absolute atomic E-state index is 0.150. The molecule has 1 aromatic heterocycles. The molecule has 1 heterocycles. The van der Waals surface area contributed by atoms with Crippen molar-refractivity contribution >= 4 is 11.9 Å². The van der Waals surface area contributed by atoms with Gasteiger partial charge in [0.25, 0.3) is 11.5 Å². The number of hydrogen-bond donors (Lipinski definition) is 1. The van der Waals surface area contributed by atoms with Gasteiger partial charge in [-0.3, -0.25) is 15.0 Å². The predicted octanol–water partition coefficient (Wildman–Crippen LogP) is 1.03. The Morgan fingerprint density at radius 1 is 1.00 bits per heavy atom. The van der Waals surface area contributed by atoms with Crippen LogP contribution in [-0.4, -0.2) is 30.8 Å². The zero-order valence-electron chi connectivity index (χ0n) is 12.0. The standard InChI is InChI=1S/C15H14N2O5/c1-21-12-6-3-10(4-7-12)14(19)16-17-9-11(15(20)22-2)5-8-13(17)18/h3-9H,1-2H3,(H,16,19). The van der Waals surface area contributed by atoms with Gasteiger partial charge in [-0.15, -0.1) is 0 Å². The zero-order chi connectivity index (χ0) is 16.1. The van der Waals surface area contributed by atoms with E-state index in [0.717, 1.165) is 4.68 Å². The Labute approximate surface area is 126 Å². The number of carbonyl (C=O) groups excluding carboxylic acids is 2. The van der Waals surface area contributed by atoms with Gasteiger partial charge in [-0.1, -0.05) is 0 Å². The highest BCUT2D eigenvalue weighted by Gasteiger charge is 2.10. The van der Waals surface area contributed by atoms with Crippen LogP contribution in [-0.2, 0) is 4.74 Å². The first-order chi connectivity index (χ1) is 10.5. The molecular formula is C15H14N2O5. The van der Waals surface area contributed by atoms with E-state index in [4.69, 9.17) is 4.74 Å². The quantitative estimate of drug-likeness (QED) is 0.852. The van der Waals surface area contributed by atoms with Gasteiger partial charge in [-0.25, -0.2) is 9.47 Å². The molecule has 2 rings (SSSR count). The van der Waals surface area contributed by atoms with Crippen molar-refractivity contribution in [1.29, 1.82) is 0 Å². The molecule has 0 radical (unpaired) electrons. The lowest BCUT2D eigenvalue weighted by molar-refractivity contribution is 0.0599. The Kier molecular flexibility index (Phi) is 4.57. The van der Waals surface area contributed by atoms with Gasteiger partial charge in [0, 0.05) is 17.8 Å². The number of nitrogens with one attached hydrogen (secondary N) is 1. The van der Waals surface area contributed by atoms with Crippen molar-refractivity contribution in [3.63, 3.8) is 0 Å². The summed E-state index contributed by atoms with van der Waals surface area (Å²) in [5.41, 5.74) is 2.42. The molecule has 0 fully saturated rings. The molecule has 0 atom stereocenters. The summed E-state index contributed by atoms with van der Waals surface area (Å²) < 4.78 is 10.5. The highest BCUT2D eigenvalue weighted by atomic mass is 16.5. The lowest BCUT2D eigenvalue weighted by Gasteiger charge is -2.09. The van der Waals surface area contributed by atoms with Crippen molar-refractivity contribution in [2.45, 2.75) is 0 Å². The highest BCUT2D eigenvalue weighted by molar-refractivity contribution is 6.00. The van der Waals surface area contributed by atoms with E-state index in [1.807, 2.05) is 0 Å². The molecule has 1 N–H and O–H groups in total. The lowest BCUT2D eigenvalue weighted by atomic mass is 10.2. The van der Waals surface area contributed by atoms with E-state index in [9.17, 15) is 14.4 Å². The molecule has 0 aliphatic carbocycles. The van der Waals surface area contributed by atoms with E-state index in [0.29, 0.717) is 11.3 Å². The van der Waals surface area contributed by atoms with Crippen molar-refractivity contribution in [3.8, 4) is 5.75 Å². The number of hydrogen-bond acceptors (Lipinski definition) is 5. The Morgan fingerprint density at radius 2 is 1.64 bits per heavy atom. The second kappa shape index (κ2) is 6.57. The van der Waals surface area contributed by atoms with E-state index < -0.39 is 17.4 Å². The summed E-state index contributed by atoms with van der Waals surface area (Å²) in [5, 5.41) is 0. The van der Waals surface area contributed by atoms with Crippen molar-refractivity contribution < 1.29 is 19.1 Å². The van der Waals surface area contributed by atoms with E-state index in [-0.39, 0.29) is 5.56 Å². The number of benzene rings is 1. The fraction of sp³-hybridized carbons (Fsp3) is 0.133. The fourth-order valence-electron chi connectivity index (χ4n) is 1.73. The van der Waals surface area contributed by atoms with Crippen LogP contribution in [0.2, 0.25) is 0 Å². The van der Waals surface area contributed by atoms with Gasteiger partial charge in [0.15, 0.2) is 0 Å². The summed E-state index contributed by atoms with van der Waals surface area (Å²) in [4.78, 5) is 35.3. The van der Waals surface area contributed by atoms with Crippen molar-refractivity contribution in [2.75, 3.05) is 19.6 Å². The summed E-state index contributed by atoms with van der Waals surface area (Å²) in [6, 6.07) is 8.86. The maximum Gasteiger partial charge on any atom is 0.339 e. The molecule has 0 spiro atoms. The van der Waals surface area contributed by atoms with Crippen LogP contribution in [0, 0.1) is 0 Å². The molecule has 0 bridgehead atoms. The zero-order valence-corrected chi connectivity index (χ0v) is 12.0. The SMILES string of the molecule is COC(=O)c1ccc(=O)n(NC(=O)c2ccc(OC)cc2)c1. The Bertz CT molecular complexity index is 749. The van der Waals surface area contributed by atoms with Crippen LogP contribution in [0.5, 0.6) is 5.75 Å². The Hall–Kier alpha value is -3.09. The third kappa shape index (κ3) is 3.32. The average molecular weight is 302 g/mol. The molecule has 0 aliphatic rings. The molecule has 1 aromatic carbocycles. The second-order valence-corrected chi connectivity index (χ2v) is 4.29. The van der Waals surface area contributed by atoms with Gasteiger partial charge in [0.1, 0.15) is 5.75 Å². The number of carbonyl (C=O) groups is 2. The highest BCUT2D eigenvalue weighted by Crippen LogP contribution is 2.11. The summed E-state index contributed by atoms with van der Waals surface area (Å²) >= 11 is 0. The molecular weight excluding hydrogens is 288 g/mol. The molecule has 7 heteroatoms. The topological polar surface area (TPSA) is 86.6 Å². The largest absolute Gasteiger partial charge is 0.497 e. The van der Waals surface area contributed by atoms with Gasteiger partial charge in [-0.05, 0) is 30.3 Å². The molecule has 22 heavy (non-hydrogen) atoms. The first kappa shape index (κ1) is 15.3. The van der Waals surface area contributed by atoms with Gasteiger partial charge >= 0.3 is 5.97 Å². The van der Waals surface area contributed by atoms with Gasteiger partial charge < -0.3 is 9.47 Å². The number of amides is 1. The smallest absolute Gasteiger partial charge is 0.339 e. The number of nitrogens with zero attached hydrogens (tertiary/aromatic N) is 1. The second-order valence-electron chi connectivity index (χ2n) is 4.29. The monoisotopic (exact) mass is 302 g/mol. The summed E-state index contributed by atoms with van der Waals surface area (Å²) in [6.45, 7) is 0. The van der Waals surface area contributed by atoms with E-state index in [1.165, 1.54) is 32.5 Å². The van der Waals surface area contributed by atoms with Gasteiger partial charge in [0.05, 0.1) is 19.8 Å². The number of ether oxygens (including phenoxy) is 2. The Balaban J connectivity index is 2.23. The predicted molar refractivity (Wildman–Crippen MR) is 78.7 cm³/mol. The molecule has 0 aliphatic heterocycles. The van der Waals surface area contributed by atoms with Crippen molar-refractivity contribution in [2.24, 2.45) is 0 Å². The summed E-state index contributed by atoms with van der Waals surface area (Å²) in [7, 11) is 2.75. The first-order valence-corrected chi connectivity index (χ1v) is 6.31. The number of rotatable bonds is 4. The molecule has 114 valence electrons. The average Bonchev–Trinajstić information content (AvgIpc) is 2.56. The summed E-state index contributed by atoms with van der Waals surface area (Å²) in [6.07, 6.45) is 1.20. The molecule has 1 amide bonds. The molecule has 0 saturated heterocycles. The van der Waals surface area contributed by atoms with Crippen LogP contribution in [0.25, 0.3) is 0 Å². The molecule has 0 saturated carbocycles. The van der Waals surface area contributed by atoms with Crippen molar-refractivity contribution in [1.82, 2.24) is 4.68 Å². The van der Waals surface area contributed by atoms with Crippen LogP contribution in [0.15, 0.2) is 47.4 Å². The lowest BCUT2D eigenvalue weighted by Crippen LogP contribution is -2.33. The van der Waals surface area contributed by atoms with Crippen LogP contribution >= 0.6 is 0 Å². The van der Waals surface area contributed by atoms with Crippen LogP contribution in [0.1, 0.15) is 20.7 Å². The maximum atomic E-state index is 12.1. The van der Waals surface area contributed by atoms with Crippen LogP contribution < -0.4 is 15.7 Å². The third-order valence-electron chi connectivity index (χ3n) is 2.91.